The predicted octanol–water partition coefficient (Wildman–Crippen LogP) is 7.05. The van der Waals surface area contributed by atoms with Crippen molar-refractivity contribution in [2.75, 3.05) is 0 Å². The van der Waals surface area contributed by atoms with Crippen LogP contribution >= 0.6 is 0 Å². The molecular weight excluding hydrogens is 356 g/mol. The standard InChI is InChI=1S/C27H34O2/c1-16-9-10-20-21(11-16)19(12-17(2)24(20)28)13-18-14-22(26(3,4)5)25(29)23(15-18)27(6,7)8/h9-12,14-15,28-29H,13H2,1-8H3. The third kappa shape index (κ3) is 4.12. The molecule has 0 aromatic heterocycles. The van der Waals surface area contributed by atoms with Crippen LogP contribution in [-0.4, -0.2) is 10.2 Å². The number of hydrogen-bond acceptors (Lipinski definition) is 2. The number of phenolic OH excluding ortho intramolecular Hbond substituents is 2. The molecule has 0 saturated heterocycles. The molecule has 2 heteroatoms. The highest BCUT2D eigenvalue weighted by molar-refractivity contribution is 5.92. The minimum atomic E-state index is -0.149. The molecule has 0 aliphatic rings. The Labute approximate surface area is 175 Å². The normalized spacial score (nSPS) is 12.6. The van der Waals surface area contributed by atoms with E-state index in [2.05, 4.69) is 72.7 Å². The van der Waals surface area contributed by atoms with Gasteiger partial charge in [-0.2, -0.15) is 0 Å². The van der Waals surface area contributed by atoms with E-state index in [1.807, 2.05) is 19.1 Å². The van der Waals surface area contributed by atoms with E-state index in [0.717, 1.165) is 33.9 Å². The number of benzene rings is 3. The maximum atomic E-state index is 11.0. The minimum Gasteiger partial charge on any atom is -0.507 e. The second-order valence-corrected chi connectivity index (χ2v) is 10.5. The molecule has 0 aliphatic carbocycles. The zero-order valence-corrected chi connectivity index (χ0v) is 19.1. The Morgan fingerprint density at radius 1 is 0.690 bits per heavy atom. The van der Waals surface area contributed by atoms with Gasteiger partial charge in [0.1, 0.15) is 11.5 Å². The summed E-state index contributed by atoms with van der Waals surface area (Å²) in [5.41, 5.74) is 6.12. The number of aryl methyl sites for hydroxylation is 2. The van der Waals surface area contributed by atoms with Gasteiger partial charge < -0.3 is 10.2 Å². The molecule has 0 radical (unpaired) electrons. The fraction of sp³-hybridized carbons (Fsp3) is 0.407. The van der Waals surface area contributed by atoms with Gasteiger partial charge in [-0.3, -0.25) is 0 Å². The van der Waals surface area contributed by atoms with Crippen LogP contribution in [0.2, 0.25) is 0 Å². The van der Waals surface area contributed by atoms with Gasteiger partial charge in [-0.1, -0.05) is 83.5 Å². The molecule has 154 valence electrons. The highest BCUT2D eigenvalue weighted by atomic mass is 16.3. The Morgan fingerprint density at radius 2 is 1.24 bits per heavy atom. The molecule has 0 amide bonds. The lowest BCUT2D eigenvalue weighted by Crippen LogP contribution is -2.18. The summed E-state index contributed by atoms with van der Waals surface area (Å²) >= 11 is 0. The zero-order chi connectivity index (χ0) is 21.7. The lowest BCUT2D eigenvalue weighted by atomic mass is 9.77. The maximum absolute atomic E-state index is 11.0. The Hall–Kier alpha value is -2.48. The number of hydrogen-bond donors (Lipinski definition) is 2. The minimum absolute atomic E-state index is 0.149. The lowest BCUT2D eigenvalue weighted by molar-refractivity contribution is 0.423. The summed E-state index contributed by atoms with van der Waals surface area (Å²) in [6.45, 7) is 16.9. The molecule has 2 nitrogen and oxygen atoms in total. The Morgan fingerprint density at radius 3 is 1.76 bits per heavy atom. The number of rotatable bonds is 2. The van der Waals surface area contributed by atoms with E-state index in [1.165, 1.54) is 16.7 Å². The van der Waals surface area contributed by atoms with Gasteiger partial charge >= 0.3 is 0 Å². The fourth-order valence-electron chi connectivity index (χ4n) is 4.06. The summed E-state index contributed by atoms with van der Waals surface area (Å²) in [5.74, 6) is 0.775. The van der Waals surface area contributed by atoms with E-state index in [9.17, 15) is 10.2 Å². The van der Waals surface area contributed by atoms with Gasteiger partial charge in [0.15, 0.2) is 0 Å². The largest absolute Gasteiger partial charge is 0.507 e. The molecule has 2 N–H and O–H groups in total. The van der Waals surface area contributed by atoms with Crippen LogP contribution < -0.4 is 0 Å². The van der Waals surface area contributed by atoms with Crippen LogP contribution in [0.1, 0.15) is 74.9 Å². The highest BCUT2D eigenvalue weighted by Crippen LogP contribution is 2.41. The quantitative estimate of drug-likeness (QED) is 0.492. The van der Waals surface area contributed by atoms with Gasteiger partial charge in [-0.05, 0) is 64.3 Å². The molecule has 3 aromatic rings. The molecule has 3 aromatic carbocycles. The van der Waals surface area contributed by atoms with Crippen LogP contribution in [0.15, 0.2) is 36.4 Å². The van der Waals surface area contributed by atoms with Crippen molar-refractivity contribution in [2.24, 2.45) is 0 Å². The SMILES string of the molecule is Cc1ccc2c(O)c(C)cc(Cc3cc(C(C)(C)C)c(O)c(C(C)(C)C)c3)c2c1. The smallest absolute Gasteiger partial charge is 0.126 e. The predicted molar refractivity (Wildman–Crippen MR) is 123 cm³/mol. The molecule has 0 spiro atoms. The van der Waals surface area contributed by atoms with E-state index in [4.69, 9.17) is 0 Å². The van der Waals surface area contributed by atoms with E-state index in [1.54, 1.807) is 0 Å². The summed E-state index contributed by atoms with van der Waals surface area (Å²) < 4.78 is 0. The zero-order valence-electron chi connectivity index (χ0n) is 19.1. The van der Waals surface area contributed by atoms with Crippen LogP contribution in [0.5, 0.6) is 11.5 Å². The molecule has 0 heterocycles. The van der Waals surface area contributed by atoms with Crippen LogP contribution in [0, 0.1) is 13.8 Å². The van der Waals surface area contributed by atoms with Gasteiger partial charge in [-0.25, -0.2) is 0 Å². The second-order valence-electron chi connectivity index (χ2n) is 10.5. The van der Waals surface area contributed by atoms with Crippen molar-refractivity contribution in [1.82, 2.24) is 0 Å². The lowest BCUT2D eigenvalue weighted by Gasteiger charge is -2.28. The number of phenols is 2. The van der Waals surface area contributed by atoms with E-state index in [0.29, 0.717) is 11.5 Å². The summed E-state index contributed by atoms with van der Waals surface area (Å²) in [6.07, 6.45) is 0.757. The van der Waals surface area contributed by atoms with Crippen molar-refractivity contribution in [3.8, 4) is 11.5 Å². The average molecular weight is 391 g/mol. The maximum Gasteiger partial charge on any atom is 0.126 e. The molecular formula is C27H34O2. The first kappa shape index (κ1) is 21.2. The molecule has 29 heavy (non-hydrogen) atoms. The average Bonchev–Trinajstić information content (AvgIpc) is 2.58. The van der Waals surface area contributed by atoms with Crippen molar-refractivity contribution in [2.45, 2.75) is 72.6 Å². The van der Waals surface area contributed by atoms with Gasteiger partial charge in [0, 0.05) is 5.39 Å². The summed E-state index contributed by atoms with van der Waals surface area (Å²) in [7, 11) is 0. The topological polar surface area (TPSA) is 40.5 Å². The van der Waals surface area contributed by atoms with Crippen molar-refractivity contribution >= 4 is 10.8 Å². The first-order valence-electron chi connectivity index (χ1n) is 10.4. The van der Waals surface area contributed by atoms with Gasteiger partial charge in [0.05, 0.1) is 0 Å². The highest BCUT2D eigenvalue weighted by Gasteiger charge is 2.26. The first-order valence-corrected chi connectivity index (χ1v) is 10.4. The molecule has 0 saturated carbocycles. The monoisotopic (exact) mass is 390 g/mol. The van der Waals surface area contributed by atoms with Crippen molar-refractivity contribution in [3.63, 3.8) is 0 Å². The van der Waals surface area contributed by atoms with E-state index < -0.39 is 0 Å². The Balaban J connectivity index is 2.24. The van der Waals surface area contributed by atoms with Crippen LogP contribution in [0.3, 0.4) is 0 Å². The van der Waals surface area contributed by atoms with E-state index >= 15 is 0 Å². The van der Waals surface area contributed by atoms with E-state index in [-0.39, 0.29) is 10.8 Å². The molecule has 0 fully saturated rings. The molecule has 0 unspecified atom stereocenters. The van der Waals surface area contributed by atoms with Crippen LogP contribution in [-0.2, 0) is 17.3 Å². The summed E-state index contributed by atoms with van der Waals surface area (Å²) in [5, 5.41) is 23.5. The molecule has 0 aliphatic heterocycles. The van der Waals surface area contributed by atoms with Crippen LogP contribution in [0.25, 0.3) is 10.8 Å². The third-order valence-corrected chi connectivity index (χ3v) is 5.72. The second kappa shape index (κ2) is 7.09. The molecule has 3 rings (SSSR count). The third-order valence-electron chi connectivity index (χ3n) is 5.72. The summed E-state index contributed by atoms with van der Waals surface area (Å²) in [4.78, 5) is 0. The molecule has 0 bridgehead atoms. The van der Waals surface area contributed by atoms with Crippen molar-refractivity contribution in [3.05, 3.63) is 69.8 Å². The first-order chi connectivity index (χ1) is 13.3. The van der Waals surface area contributed by atoms with Crippen LogP contribution in [0.4, 0.5) is 0 Å². The van der Waals surface area contributed by atoms with Gasteiger partial charge in [0.2, 0.25) is 0 Å². The van der Waals surface area contributed by atoms with Crippen molar-refractivity contribution in [1.29, 1.82) is 0 Å². The van der Waals surface area contributed by atoms with Crippen molar-refractivity contribution < 1.29 is 10.2 Å². The fourth-order valence-corrected chi connectivity index (χ4v) is 4.06. The number of fused-ring (bicyclic) bond motifs is 1. The van der Waals surface area contributed by atoms with Gasteiger partial charge in [-0.15, -0.1) is 0 Å². The summed E-state index contributed by atoms with van der Waals surface area (Å²) in [6, 6.07) is 12.6. The molecule has 0 atom stereocenters. The Kier molecular flexibility index (Phi) is 5.19. The van der Waals surface area contributed by atoms with Gasteiger partial charge in [0.25, 0.3) is 0 Å². The Bertz CT molecular complexity index is 1040. The number of aromatic hydroxyl groups is 2.